The van der Waals surface area contributed by atoms with Crippen LogP contribution < -0.4 is 10.2 Å². The van der Waals surface area contributed by atoms with E-state index in [1.165, 1.54) is 27.6 Å². The van der Waals surface area contributed by atoms with Gasteiger partial charge in [0.15, 0.2) is 0 Å². The first-order chi connectivity index (χ1) is 15.5. The lowest BCUT2D eigenvalue weighted by Gasteiger charge is -2.35. The maximum absolute atomic E-state index is 13.2. The third-order valence-corrected chi connectivity index (χ3v) is 7.72. The van der Waals surface area contributed by atoms with E-state index in [9.17, 15) is 9.90 Å². The first kappa shape index (κ1) is 23.9. The van der Waals surface area contributed by atoms with Gasteiger partial charge in [0.1, 0.15) is 6.04 Å². The molecule has 2 aliphatic heterocycles. The number of aliphatic hydroxyl groups is 1. The van der Waals surface area contributed by atoms with Gasteiger partial charge in [0.25, 0.3) is 0 Å². The first-order valence-corrected chi connectivity index (χ1v) is 12.5. The van der Waals surface area contributed by atoms with E-state index in [-0.39, 0.29) is 35.9 Å². The molecule has 0 aliphatic carbocycles. The molecule has 2 aromatic rings. The molecule has 1 amide bonds. The van der Waals surface area contributed by atoms with Crippen molar-refractivity contribution in [2.24, 2.45) is 11.3 Å². The number of benzene rings is 1. The third kappa shape index (κ3) is 4.32. The van der Waals surface area contributed by atoms with Crippen LogP contribution in [-0.4, -0.2) is 41.3 Å². The summed E-state index contributed by atoms with van der Waals surface area (Å²) in [7, 11) is 2.04. The van der Waals surface area contributed by atoms with E-state index in [1.54, 1.807) is 0 Å². The van der Waals surface area contributed by atoms with Crippen molar-refractivity contribution in [3.05, 3.63) is 41.1 Å². The number of allylic oxidation sites excluding steroid dienone is 2. The van der Waals surface area contributed by atoms with Gasteiger partial charge >= 0.3 is 0 Å². The molecule has 1 aromatic heterocycles. The Labute approximate surface area is 198 Å². The number of nitrogens with zero attached hydrogens (tertiary/aromatic N) is 2. The predicted octanol–water partition coefficient (Wildman–Crippen LogP) is 5.01. The quantitative estimate of drug-likeness (QED) is 0.632. The molecule has 180 valence electrons. The molecule has 0 radical (unpaired) electrons. The number of carbonyl (C=O) groups is 1. The summed E-state index contributed by atoms with van der Waals surface area (Å²) < 4.78 is 2.41. The van der Waals surface area contributed by atoms with E-state index in [0.717, 1.165) is 25.1 Å². The zero-order valence-electron chi connectivity index (χ0n) is 21.4. The van der Waals surface area contributed by atoms with Gasteiger partial charge in [0.2, 0.25) is 5.91 Å². The van der Waals surface area contributed by atoms with Crippen LogP contribution in [0.1, 0.15) is 71.4 Å². The van der Waals surface area contributed by atoms with Crippen LogP contribution in [0.15, 0.2) is 30.0 Å². The SMILES string of the molecule is C/C1=C/Cn2cc3c4c(ccc(c42)[C@@H](C(C)(C)C)CC1)N(C)[C@@H](C(C)C)C(=O)N[C@H](CO)C3. The van der Waals surface area contributed by atoms with Gasteiger partial charge in [-0.15, -0.1) is 0 Å². The van der Waals surface area contributed by atoms with Gasteiger partial charge in [-0.3, -0.25) is 4.79 Å². The highest BCUT2D eigenvalue weighted by Crippen LogP contribution is 2.46. The lowest BCUT2D eigenvalue weighted by Crippen LogP contribution is -2.52. The lowest BCUT2D eigenvalue weighted by molar-refractivity contribution is -0.124. The Balaban J connectivity index is 2.04. The highest BCUT2D eigenvalue weighted by molar-refractivity contribution is 6.00. The number of aromatic nitrogens is 1. The summed E-state index contributed by atoms with van der Waals surface area (Å²) in [5.74, 6) is 0.565. The van der Waals surface area contributed by atoms with Crippen molar-refractivity contribution >= 4 is 22.5 Å². The molecule has 0 bridgehead atoms. The minimum absolute atomic E-state index is 0.00847. The van der Waals surface area contributed by atoms with Crippen molar-refractivity contribution in [2.75, 3.05) is 18.6 Å². The standard InChI is InChI=1S/C28H41N3O2/c1-17(2)25-27(33)29-20(16-32)14-19-15-31-13-12-18(3)8-10-22(28(4,5)6)21-9-11-23(30(25)7)24(19)26(21)31/h9,11-12,15,17,20,22,25,32H,8,10,13-14,16H2,1-7H3,(H,29,33)/b18-12-/t20-,22-,25-/m0/s1. The number of aliphatic hydroxyl groups excluding tert-OH is 1. The van der Waals surface area contributed by atoms with Crippen molar-refractivity contribution in [3.8, 4) is 0 Å². The van der Waals surface area contributed by atoms with Crippen molar-refractivity contribution in [3.63, 3.8) is 0 Å². The normalized spacial score (nSPS) is 26.0. The number of amides is 1. The smallest absolute Gasteiger partial charge is 0.243 e. The number of likely N-dealkylation sites (N-methyl/N-ethyl adjacent to an activating group) is 1. The molecule has 0 saturated heterocycles. The number of anilines is 1. The Morgan fingerprint density at radius 2 is 1.97 bits per heavy atom. The van der Waals surface area contributed by atoms with Crippen molar-refractivity contribution in [2.45, 2.75) is 85.4 Å². The Bertz CT molecular complexity index is 1070. The van der Waals surface area contributed by atoms with Gasteiger partial charge in [-0.2, -0.15) is 0 Å². The average molecular weight is 452 g/mol. The van der Waals surface area contributed by atoms with Crippen LogP contribution in [0, 0.1) is 11.3 Å². The molecule has 4 rings (SSSR count). The molecule has 5 heteroatoms. The molecule has 2 aliphatic rings. The zero-order valence-corrected chi connectivity index (χ0v) is 21.4. The second kappa shape index (κ2) is 8.83. The van der Waals surface area contributed by atoms with E-state index in [4.69, 9.17) is 0 Å². The predicted molar refractivity (Wildman–Crippen MR) is 137 cm³/mol. The van der Waals surface area contributed by atoms with Gasteiger partial charge in [-0.1, -0.05) is 52.3 Å². The molecule has 3 heterocycles. The highest BCUT2D eigenvalue weighted by Gasteiger charge is 2.35. The molecule has 2 N–H and O–H groups in total. The second-order valence-electron chi connectivity index (χ2n) is 11.6. The molecule has 1 aromatic carbocycles. The fraction of sp³-hybridized carbons (Fsp3) is 0.607. The molecule has 5 nitrogen and oxygen atoms in total. The van der Waals surface area contributed by atoms with Crippen LogP contribution in [-0.2, 0) is 17.8 Å². The minimum atomic E-state index is -0.293. The minimum Gasteiger partial charge on any atom is -0.394 e. The monoisotopic (exact) mass is 451 g/mol. The van der Waals surface area contributed by atoms with Crippen LogP contribution in [0.4, 0.5) is 5.69 Å². The Hall–Kier alpha value is -2.27. The summed E-state index contributed by atoms with van der Waals surface area (Å²) >= 11 is 0. The summed E-state index contributed by atoms with van der Waals surface area (Å²) in [6.07, 6.45) is 7.50. The lowest BCUT2D eigenvalue weighted by atomic mass is 9.73. The Kier molecular flexibility index (Phi) is 6.38. The summed E-state index contributed by atoms with van der Waals surface area (Å²) in [6.45, 7) is 14.3. The zero-order chi connectivity index (χ0) is 24.1. The van der Waals surface area contributed by atoms with E-state index >= 15 is 0 Å². The Morgan fingerprint density at radius 1 is 1.24 bits per heavy atom. The molecule has 0 fully saturated rings. The van der Waals surface area contributed by atoms with E-state index in [1.807, 2.05) is 7.05 Å². The fourth-order valence-electron chi connectivity index (χ4n) is 5.99. The summed E-state index contributed by atoms with van der Waals surface area (Å²) in [4.78, 5) is 15.4. The topological polar surface area (TPSA) is 57.5 Å². The number of rotatable bonds is 2. The van der Waals surface area contributed by atoms with Crippen LogP contribution in [0.3, 0.4) is 0 Å². The number of carbonyl (C=O) groups excluding carboxylic acids is 1. The Morgan fingerprint density at radius 3 is 2.61 bits per heavy atom. The number of nitrogens with one attached hydrogen (secondary N) is 1. The van der Waals surface area contributed by atoms with Crippen LogP contribution in [0.2, 0.25) is 0 Å². The maximum Gasteiger partial charge on any atom is 0.243 e. The van der Waals surface area contributed by atoms with Crippen LogP contribution in [0.25, 0.3) is 10.9 Å². The van der Waals surface area contributed by atoms with Crippen LogP contribution >= 0.6 is 0 Å². The molecular formula is C28H41N3O2. The van der Waals surface area contributed by atoms with Crippen LogP contribution in [0.5, 0.6) is 0 Å². The fourth-order valence-corrected chi connectivity index (χ4v) is 5.99. The summed E-state index contributed by atoms with van der Waals surface area (Å²) in [5.41, 5.74) is 6.61. The van der Waals surface area contributed by atoms with Gasteiger partial charge in [0, 0.05) is 30.9 Å². The summed E-state index contributed by atoms with van der Waals surface area (Å²) in [5, 5.41) is 14.5. The molecule has 0 saturated carbocycles. The van der Waals surface area contributed by atoms with E-state index in [0.29, 0.717) is 12.3 Å². The third-order valence-electron chi connectivity index (χ3n) is 7.72. The number of hydrogen-bond acceptors (Lipinski definition) is 3. The largest absolute Gasteiger partial charge is 0.394 e. The molecule has 33 heavy (non-hydrogen) atoms. The van der Waals surface area contributed by atoms with E-state index < -0.39 is 0 Å². The molecule has 0 unspecified atom stereocenters. The van der Waals surface area contributed by atoms with Gasteiger partial charge in [0.05, 0.1) is 18.2 Å². The van der Waals surface area contributed by atoms with Crippen molar-refractivity contribution in [1.29, 1.82) is 0 Å². The molecule has 0 spiro atoms. The number of hydrogen-bond donors (Lipinski definition) is 2. The second-order valence-corrected chi connectivity index (χ2v) is 11.6. The van der Waals surface area contributed by atoms with E-state index in [2.05, 4.69) is 80.7 Å². The van der Waals surface area contributed by atoms with Gasteiger partial charge < -0.3 is 19.9 Å². The molecule has 3 atom stereocenters. The van der Waals surface area contributed by atoms with Gasteiger partial charge in [-0.25, -0.2) is 0 Å². The molecular weight excluding hydrogens is 410 g/mol. The maximum atomic E-state index is 13.2. The summed E-state index contributed by atoms with van der Waals surface area (Å²) in [6, 6.07) is 3.98. The first-order valence-electron chi connectivity index (χ1n) is 12.5. The highest BCUT2D eigenvalue weighted by atomic mass is 16.3. The van der Waals surface area contributed by atoms with Gasteiger partial charge in [-0.05, 0) is 60.6 Å². The van der Waals surface area contributed by atoms with Crippen molar-refractivity contribution < 1.29 is 9.90 Å². The van der Waals surface area contributed by atoms with Crippen molar-refractivity contribution in [1.82, 2.24) is 9.88 Å². The average Bonchev–Trinajstić information content (AvgIpc) is 3.11.